The van der Waals surface area contributed by atoms with Crippen LogP contribution in [0.4, 0.5) is 0 Å². The molecule has 1 atom stereocenters. The highest BCUT2D eigenvalue weighted by Gasteiger charge is 2.20. The summed E-state index contributed by atoms with van der Waals surface area (Å²) >= 11 is 0. The molecule has 1 aromatic rings. The molecule has 2 fully saturated rings. The molecule has 1 aliphatic carbocycles. The van der Waals surface area contributed by atoms with Gasteiger partial charge in [0.05, 0.1) is 12.6 Å². The van der Waals surface area contributed by atoms with Gasteiger partial charge in [-0.2, -0.15) is 0 Å². The first-order valence-electron chi connectivity index (χ1n) is 9.17. The summed E-state index contributed by atoms with van der Waals surface area (Å²) in [6, 6.07) is 7.36. The van der Waals surface area contributed by atoms with E-state index in [2.05, 4.69) is 16.0 Å². The topological polar surface area (TPSA) is 79.5 Å². The number of carbonyl (C=O) groups excluding carboxylic acids is 2. The van der Waals surface area contributed by atoms with Crippen LogP contribution in [-0.4, -0.2) is 44.2 Å². The molecule has 3 rings (SSSR count). The number of nitrogens with one attached hydrogen (secondary N) is 3. The fourth-order valence-corrected chi connectivity index (χ4v) is 2.91. The molecule has 2 aliphatic rings. The lowest BCUT2D eigenvalue weighted by Gasteiger charge is -2.11. The van der Waals surface area contributed by atoms with Gasteiger partial charge in [0, 0.05) is 25.3 Å². The summed E-state index contributed by atoms with van der Waals surface area (Å²) < 4.78 is 5.51. The molecule has 144 valence electrons. The van der Waals surface area contributed by atoms with E-state index in [4.69, 9.17) is 4.74 Å². The van der Waals surface area contributed by atoms with Gasteiger partial charge >= 0.3 is 0 Å². The predicted molar refractivity (Wildman–Crippen MR) is 102 cm³/mol. The maximum absolute atomic E-state index is 12.2. The Morgan fingerprint density at radius 1 is 1.12 bits per heavy atom. The van der Waals surface area contributed by atoms with E-state index in [-0.39, 0.29) is 30.3 Å². The Morgan fingerprint density at radius 2 is 1.96 bits per heavy atom. The molecule has 0 bridgehead atoms. The minimum atomic E-state index is -0.102. The van der Waals surface area contributed by atoms with Gasteiger partial charge in [-0.25, -0.2) is 0 Å². The molecule has 7 heteroatoms. The van der Waals surface area contributed by atoms with Crippen LogP contribution in [0.1, 0.15) is 41.6 Å². The minimum absolute atomic E-state index is 0. The first kappa shape index (κ1) is 20.7. The van der Waals surface area contributed by atoms with Gasteiger partial charge in [-0.15, -0.1) is 12.4 Å². The number of hydrogen-bond acceptors (Lipinski definition) is 4. The third-order valence-corrected chi connectivity index (χ3v) is 4.61. The van der Waals surface area contributed by atoms with Crippen LogP contribution in [0.15, 0.2) is 24.3 Å². The van der Waals surface area contributed by atoms with Crippen molar-refractivity contribution in [1.29, 1.82) is 0 Å². The summed E-state index contributed by atoms with van der Waals surface area (Å²) in [6.07, 6.45) is 4.74. The summed E-state index contributed by atoms with van der Waals surface area (Å²) in [6.45, 7) is 3.03. The predicted octanol–water partition coefficient (Wildman–Crippen LogP) is 1.63. The SMILES string of the molecule is Cl.O=C(CNCC1CC1)NCc1cccc(C(=O)NCC2CCCO2)c1. The van der Waals surface area contributed by atoms with Gasteiger partial charge in [-0.1, -0.05) is 12.1 Å². The molecule has 1 aliphatic heterocycles. The van der Waals surface area contributed by atoms with Crippen molar-refractivity contribution in [3.05, 3.63) is 35.4 Å². The van der Waals surface area contributed by atoms with Crippen LogP contribution in [0.2, 0.25) is 0 Å². The first-order chi connectivity index (χ1) is 12.2. The highest BCUT2D eigenvalue weighted by Crippen LogP contribution is 2.27. The quantitative estimate of drug-likeness (QED) is 0.607. The van der Waals surface area contributed by atoms with Gasteiger partial charge in [-0.3, -0.25) is 9.59 Å². The lowest BCUT2D eigenvalue weighted by Crippen LogP contribution is -2.34. The Balaban J connectivity index is 0.00000243. The van der Waals surface area contributed by atoms with Crippen molar-refractivity contribution in [2.24, 2.45) is 5.92 Å². The van der Waals surface area contributed by atoms with Crippen molar-refractivity contribution in [1.82, 2.24) is 16.0 Å². The summed E-state index contributed by atoms with van der Waals surface area (Å²) in [4.78, 5) is 24.1. The van der Waals surface area contributed by atoms with Crippen molar-refractivity contribution in [2.75, 3.05) is 26.2 Å². The minimum Gasteiger partial charge on any atom is -0.376 e. The van der Waals surface area contributed by atoms with Crippen LogP contribution >= 0.6 is 12.4 Å². The molecule has 1 heterocycles. The zero-order chi connectivity index (χ0) is 17.5. The number of benzene rings is 1. The van der Waals surface area contributed by atoms with Crippen molar-refractivity contribution < 1.29 is 14.3 Å². The zero-order valence-corrected chi connectivity index (χ0v) is 15.8. The Bertz CT molecular complexity index is 601. The highest BCUT2D eigenvalue weighted by molar-refractivity contribution is 5.94. The molecule has 0 spiro atoms. The maximum Gasteiger partial charge on any atom is 0.251 e. The molecule has 0 radical (unpaired) electrons. The van der Waals surface area contributed by atoms with Crippen LogP contribution in [0.25, 0.3) is 0 Å². The Labute approximate surface area is 160 Å². The van der Waals surface area contributed by atoms with Crippen LogP contribution in [0, 0.1) is 5.92 Å². The maximum atomic E-state index is 12.2. The lowest BCUT2D eigenvalue weighted by molar-refractivity contribution is -0.120. The fourth-order valence-electron chi connectivity index (χ4n) is 2.91. The highest BCUT2D eigenvalue weighted by atomic mass is 35.5. The fraction of sp³-hybridized carbons (Fsp3) is 0.579. The summed E-state index contributed by atoms with van der Waals surface area (Å²) in [7, 11) is 0. The number of halogens is 1. The number of hydrogen-bond donors (Lipinski definition) is 3. The second-order valence-corrected chi connectivity index (χ2v) is 6.90. The second kappa shape index (κ2) is 10.5. The van der Waals surface area contributed by atoms with Crippen LogP contribution in [0.5, 0.6) is 0 Å². The van der Waals surface area contributed by atoms with Crippen molar-refractivity contribution in [2.45, 2.75) is 38.3 Å². The largest absolute Gasteiger partial charge is 0.376 e. The average molecular weight is 382 g/mol. The van der Waals surface area contributed by atoms with Gasteiger partial charge in [0.1, 0.15) is 0 Å². The standard InChI is InChI=1S/C19H27N3O3.ClH/c23-18(13-20-10-14-6-7-14)21-11-15-3-1-4-16(9-15)19(24)22-12-17-5-2-8-25-17;/h1,3-4,9,14,17,20H,2,5-8,10-13H2,(H,21,23)(H,22,24);1H. The van der Waals surface area contributed by atoms with Crippen molar-refractivity contribution >= 4 is 24.2 Å². The zero-order valence-electron chi connectivity index (χ0n) is 15.0. The molecule has 1 unspecified atom stereocenters. The number of amides is 2. The average Bonchev–Trinajstić information content (AvgIpc) is 3.30. The molecule has 6 nitrogen and oxygen atoms in total. The molecule has 2 amide bonds. The van der Waals surface area contributed by atoms with E-state index in [0.29, 0.717) is 25.2 Å². The third kappa shape index (κ3) is 6.94. The third-order valence-electron chi connectivity index (χ3n) is 4.61. The Hall–Kier alpha value is -1.63. The summed E-state index contributed by atoms with van der Waals surface area (Å²) in [5, 5.41) is 8.97. The molecule has 1 saturated carbocycles. The van der Waals surface area contributed by atoms with Gasteiger partial charge in [0.15, 0.2) is 0 Å². The first-order valence-corrected chi connectivity index (χ1v) is 9.17. The van der Waals surface area contributed by atoms with Crippen molar-refractivity contribution in [3.8, 4) is 0 Å². The Morgan fingerprint density at radius 3 is 2.69 bits per heavy atom. The molecular weight excluding hydrogens is 354 g/mol. The van der Waals surface area contributed by atoms with Gasteiger partial charge in [-0.05, 0) is 55.8 Å². The number of carbonyl (C=O) groups is 2. The molecule has 26 heavy (non-hydrogen) atoms. The van der Waals surface area contributed by atoms with E-state index < -0.39 is 0 Å². The number of ether oxygens (including phenoxy) is 1. The van der Waals surface area contributed by atoms with E-state index in [9.17, 15) is 9.59 Å². The molecule has 3 N–H and O–H groups in total. The normalized spacial score (nSPS) is 18.8. The monoisotopic (exact) mass is 381 g/mol. The lowest BCUT2D eigenvalue weighted by atomic mass is 10.1. The second-order valence-electron chi connectivity index (χ2n) is 6.90. The van der Waals surface area contributed by atoms with E-state index >= 15 is 0 Å². The van der Waals surface area contributed by atoms with E-state index in [1.54, 1.807) is 6.07 Å². The van der Waals surface area contributed by atoms with E-state index in [1.807, 2.05) is 18.2 Å². The van der Waals surface area contributed by atoms with Crippen LogP contribution in [-0.2, 0) is 16.1 Å². The number of rotatable bonds is 9. The van der Waals surface area contributed by atoms with Gasteiger partial charge < -0.3 is 20.7 Å². The van der Waals surface area contributed by atoms with Gasteiger partial charge in [0.25, 0.3) is 5.91 Å². The van der Waals surface area contributed by atoms with Crippen LogP contribution in [0.3, 0.4) is 0 Å². The summed E-state index contributed by atoms with van der Waals surface area (Å²) in [5.74, 6) is 0.640. The molecule has 1 aromatic carbocycles. The van der Waals surface area contributed by atoms with Crippen molar-refractivity contribution in [3.63, 3.8) is 0 Å². The van der Waals surface area contributed by atoms with E-state index in [0.717, 1.165) is 37.5 Å². The van der Waals surface area contributed by atoms with Gasteiger partial charge in [0.2, 0.25) is 5.91 Å². The molecule has 0 aromatic heterocycles. The van der Waals surface area contributed by atoms with E-state index in [1.165, 1.54) is 12.8 Å². The molecular formula is C19H28ClN3O3. The van der Waals surface area contributed by atoms with Crippen LogP contribution < -0.4 is 16.0 Å². The smallest absolute Gasteiger partial charge is 0.251 e. The summed E-state index contributed by atoms with van der Waals surface area (Å²) in [5.41, 5.74) is 1.52. The molecule has 1 saturated heterocycles. The Kier molecular flexibility index (Phi) is 8.35.